The van der Waals surface area contributed by atoms with E-state index in [1.54, 1.807) is 24.3 Å². The number of hydrogen-bond donors (Lipinski definition) is 1. The van der Waals surface area contributed by atoms with Crippen LogP contribution in [0.4, 0.5) is 0 Å². The third kappa shape index (κ3) is 2.16. The number of imide groups is 1. The fourth-order valence-electron chi connectivity index (χ4n) is 3.27. The minimum atomic E-state index is -0.552. The number of amides is 2. The quantitative estimate of drug-likeness (QED) is 0.863. The summed E-state index contributed by atoms with van der Waals surface area (Å²) in [4.78, 5) is 30.1. The van der Waals surface area contributed by atoms with E-state index in [9.17, 15) is 9.59 Å². The molecule has 7 nitrogen and oxygen atoms in total. The Labute approximate surface area is 132 Å². The average Bonchev–Trinajstić information content (AvgIpc) is 3.25. The Morgan fingerprint density at radius 2 is 1.74 bits per heavy atom. The first-order valence-corrected chi connectivity index (χ1v) is 7.66. The van der Waals surface area contributed by atoms with E-state index in [1.165, 1.54) is 0 Å². The Morgan fingerprint density at radius 1 is 1.13 bits per heavy atom. The molecule has 1 aromatic heterocycles. The highest BCUT2D eigenvalue weighted by atomic mass is 16.5. The molecule has 1 saturated carbocycles. The number of hydrogen-bond acceptors (Lipinski definition) is 6. The van der Waals surface area contributed by atoms with Gasteiger partial charge in [0.25, 0.3) is 11.8 Å². The van der Waals surface area contributed by atoms with Crippen molar-refractivity contribution in [2.75, 3.05) is 0 Å². The molecule has 0 bridgehead atoms. The fourth-order valence-corrected chi connectivity index (χ4v) is 3.27. The van der Waals surface area contributed by atoms with Gasteiger partial charge in [-0.2, -0.15) is 4.98 Å². The van der Waals surface area contributed by atoms with Crippen LogP contribution in [0.3, 0.4) is 0 Å². The highest BCUT2D eigenvalue weighted by molar-refractivity contribution is 6.21. The SMILES string of the molecule is NC1(c2noc(CN3C(=O)c4ccccc4C3=O)n2)CCCC1. The van der Waals surface area contributed by atoms with Crippen molar-refractivity contribution in [3.05, 3.63) is 47.1 Å². The number of nitrogens with zero attached hydrogens (tertiary/aromatic N) is 3. The van der Waals surface area contributed by atoms with E-state index < -0.39 is 5.54 Å². The highest BCUT2D eigenvalue weighted by Gasteiger charge is 2.38. The van der Waals surface area contributed by atoms with Crippen molar-refractivity contribution in [1.82, 2.24) is 15.0 Å². The Balaban J connectivity index is 1.57. The van der Waals surface area contributed by atoms with Gasteiger partial charge in [-0.05, 0) is 25.0 Å². The van der Waals surface area contributed by atoms with Gasteiger partial charge in [0, 0.05) is 0 Å². The Kier molecular flexibility index (Phi) is 3.05. The van der Waals surface area contributed by atoms with Gasteiger partial charge >= 0.3 is 0 Å². The van der Waals surface area contributed by atoms with Crippen LogP contribution in [0.25, 0.3) is 0 Å². The molecule has 2 N–H and O–H groups in total. The number of rotatable bonds is 3. The molecule has 23 heavy (non-hydrogen) atoms. The topological polar surface area (TPSA) is 102 Å². The molecular weight excluding hydrogens is 296 g/mol. The maximum Gasteiger partial charge on any atom is 0.262 e. The van der Waals surface area contributed by atoms with Crippen LogP contribution in [0.15, 0.2) is 28.8 Å². The predicted molar refractivity (Wildman–Crippen MR) is 79.3 cm³/mol. The van der Waals surface area contributed by atoms with Crippen molar-refractivity contribution in [2.45, 2.75) is 37.8 Å². The zero-order valence-corrected chi connectivity index (χ0v) is 12.5. The van der Waals surface area contributed by atoms with Gasteiger partial charge in [-0.3, -0.25) is 14.5 Å². The van der Waals surface area contributed by atoms with Gasteiger partial charge in [-0.15, -0.1) is 0 Å². The molecular formula is C16H16N4O3. The summed E-state index contributed by atoms with van der Waals surface area (Å²) < 4.78 is 5.21. The molecule has 2 heterocycles. The molecule has 2 aromatic rings. The summed E-state index contributed by atoms with van der Waals surface area (Å²) >= 11 is 0. The molecule has 118 valence electrons. The van der Waals surface area contributed by atoms with E-state index in [2.05, 4.69) is 10.1 Å². The highest BCUT2D eigenvalue weighted by Crippen LogP contribution is 2.34. The monoisotopic (exact) mass is 312 g/mol. The van der Waals surface area contributed by atoms with Crippen molar-refractivity contribution in [3.8, 4) is 0 Å². The van der Waals surface area contributed by atoms with Crippen LogP contribution >= 0.6 is 0 Å². The molecule has 0 saturated heterocycles. The van der Waals surface area contributed by atoms with E-state index in [0.29, 0.717) is 17.0 Å². The smallest absolute Gasteiger partial charge is 0.262 e. The average molecular weight is 312 g/mol. The molecule has 0 unspecified atom stereocenters. The summed E-state index contributed by atoms with van der Waals surface area (Å²) in [5, 5.41) is 3.95. The number of carbonyl (C=O) groups is 2. The lowest BCUT2D eigenvalue weighted by Crippen LogP contribution is -2.34. The van der Waals surface area contributed by atoms with Gasteiger partial charge in [0.1, 0.15) is 6.54 Å². The third-order valence-electron chi connectivity index (χ3n) is 4.58. The number of aromatic nitrogens is 2. The lowest BCUT2D eigenvalue weighted by molar-refractivity contribution is 0.0625. The molecule has 7 heteroatoms. The Bertz CT molecular complexity index is 757. The third-order valence-corrected chi connectivity index (χ3v) is 4.58. The van der Waals surface area contributed by atoms with Gasteiger partial charge in [0.05, 0.1) is 16.7 Å². The van der Waals surface area contributed by atoms with Crippen LogP contribution in [-0.2, 0) is 12.1 Å². The molecule has 0 radical (unpaired) electrons. The minimum absolute atomic E-state index is 0.0323. The summed E-state index contributed by atoms with van der Waals surface area (Å²) in [6.45, 7) is -0.0323. The lowest BCUT2D eigenvalue weighted by Gasteiger charge is -2.17. The van der Waals surface area contributed by atoms with Crippen LogP contribution in [0.1, 0.15) is 58.1 Å². The van der Waals surface area contributed by atoms with Crippen molar-refractivity contribution < 1.29 is 14.1 Å². The van der Waals surface area contributed by atoms with Crippen molar-refractivity contribution >= 4 is 11.8 Å². The van der Waals surface area contributed by atoms with E-state index in [-0.39, 0.29) is 24.2 Å². The number of fused-ring (bicyclic) bond motifs is 1. The molecule has 1 aliphatic heterocycles. The molecule has 0 atom stereocenters. The van der Waals surface area contributed by atoms with Gasteiger partial charge < -0.3 is 10.3 Å². The van der Waals surface area contributed by atoms with E-state index in [1.807, 2.05) is 0 Å². The van der Waals surface area contributed by atoms with Crippen molar-refractivity contribution in [1.29, 1.82) is 0 Å². The van der Waals surface area contributed by atoms with E-state index in [0.717, 1.165) is 30.6 Å². The summed E-state index contributed by atoms with van der Waals surface area (Å²) in [5.41, 5.74) is 6.55. The maximum absolute atomic E-state index is 12.3. The zero-order valence-electron chi connectivity index (χ0n) is 12.5. The van der Waals surface area contributed by atoms with E-state index in [4.69, 9.17) is 10.3 Å². The second kappa shape index (κ2) is 4.99. The number of benzene rings is 1. The van der Waals surface area contributed by atoms with Crippen LogP contribution in [0.5, 0.6) is 0 Å². The van der Waals surface area contributed by atoms with Crippen LogP contribution in [-0.4, -0.2) is 26.9 Å². The molecule has 0 spiro atoms. The largest absolute Gasteiger partial charge is 0.337 e. The van der Waals surface area contributed by atoms with Crippen molar-refractivity contribution in [3.63, 3.8) is 0 Å². The summed E-state index contributed by atoms with van der Waals surface area (Å²) in [6.07, 6.45) is 3.72. The summed E-state index contributed by atoms with van der Waals surface area (Å²) in [5.74, 6) is 0.00944. The summed E-state index contributed by atoms with van der Waals surface area (Å²) in [7, 11) is 0. The predicted octanol–water partition coefficient (Wildman–Crippen LogP) is 1.59. The Hall–Kier alpha value is -2.54. The second-order valence-corrected chi connectivity index (χ2v) is 6.12. The zero-order chi connectivity index (χ0) is 16.0. The Morgan fingerprint density at radius 3 is 2.35 bits per heavy atom. The number of carbonyl (C=O) groups excluding carboxylic acids is 2. The lowest BCUT2D eigenvalue weighted by atomic mass is 9.99. The molecule has 1 aliphatic carbocycles. The summed E-state index contributed by atoms with van der Waals surface area (Å²) in [6, 6.07) is 6.75. The second-order valence-electron chi connectivity index (χ2n) is 6.12. The van der Waals surface area contributed by atoms with Gasteiger partial charge in [0.2, 0.25) is 5.89 Å². The molecule has 1 aromatic carbocycles. The number of nitrogens with two attached hydrogens (primary N) is 1. The van der Waals surface area contributed by atoms with Gasteiger partial charge in [0.15, 0.2) is 5.82 Å². The van der Waals surface area contributed by atoms with Crippen molar-refractivity contribution in [2.24, 2.45) is 5.73 Å². The maximum atomic E-state index is 12.3. The normalized spacial score (nSPS) is 19.4. The first-order valence-electron chi connectivity index (χ1n) is 7.66. The standard InChI is InChI=1S/C16H16N4O3/c17-16(7-3-4-8-16)15-18-12(23-19-15)9-20-13(21)10-5-1-2-6-11(10)14(20)22/h1-2,5-6H,3-4,7-9,17H2. The van der Waals surface area contributed by atoms with Crippen LogP contribution < -0.4 is 5.73 Å². The molecule has 2 amide bonds. The fraction of sp³-hybridized carbons (Fsp3) is 0.375. The first kappa shape index (κ1) is 14.1. The minimum Gasteiger partial charge on any atom is -0.337 e. The first-order chi connectivity index (χ1) is 11.1. The molecule has 1 fully saturated rings. The van der Waals surface area contributed by atoms with Gasteiger partial charge in [-0.1, -0.05) is 30.1 Å². The van der Waals surface area contributed by atoms with Gasteiger partial charge in [-0.25, -0.2) is 0 Å². The van der Waals surface area contributed by atoms with Crippen LogP contribution in [0.2, 0.25) is 0 Å². The molecule has 2 aliphatic rings. The molecule has 4 rings (SSSR count). The van der Waals surface area contributed by atoms with E-state index >= 15 is 0 Å². The van der Waals surface area contributed by atoms with Crippen LogP contribution in [0, 0.1) is 0 Å².